The SMILES string of the molecule is CC(=O)c1oc(O)cc1C. The predicted molar refractivity (Wildman–Crippen MR) is 35.1 cm³/mol. The van der Waals surface area contributed by atoms with Crippen LogP contribution >= 0.6 is 0 Å². The Morgan fingerprint density at radius 3 is 2.50 bits per heavy atom. The van der Waals surface area contributed by atoms with Gasteiger partial charge in [0.25, 0.3) is 5.95 Å². The molecule has 0 atom stereocenters. The zero-order valence-electron chi connectivity index (χ0n) is 5.84. The number of rotatable bonds is 1. The monoisotopic (exact) mass is 140 g/mol. The fourth-order valence-electron chi connectivity index (χ4n) is 0.815. The maximum Gasteiger partial charge on any atom is 0.282 e. The Balaban J connectivity index is 3.15. The second-order valence-electron chi connectivity index (χ2n) is 2.15. The number of Topliss-reactive ketones (excluding diaryl/α,β-unsaturated/α-hetero) is 1. The van der Waals surface area contributed by atoms with Gasteiger partial charge in [-0.05, 0) is 6.92 Å². The third-order valence-electron chi connectivity index (χ3n) is 1.22. The molecule has 0 aromatic carbocycles. The quantitative estimate of drug-likeness (QED) is 0.601. The number of hydrogen-bond donors (Lipinski definition) is 1. The molecule has 3 nitrogen and oxygen atoms in total. The Labute approximate surface area is 58.3 Å². The van der Waals surface area contributed by atoms with Crippen LogP contribution in [-0.4, -0.2) is 10.9 Å². The lowest BCUT2D eigenvalue weighted by Gasteiger charge is -1.86. The lowest BCUT2D eigenvalue weighted by atomic mass is 10.2. The molecule has 1 N–H and O–H groups in total. The van der Waals surface area contributed by atoms with Crippen LogP contribution in [-0.2, 0) is 0 Å². The van der Waals surface area contributed by atoms with Crippen molar-refractivity contribution < 1.29 is 14.3 Å². The molecule has 0 aliphatic rings. The summed E-state index contributed by atoms with van der Waals surface area (Å²) in [6.07, 6.45) is 0. The topological polar surface area (TPSA) is 50.4 Å². The minimum Gasteiger partial charge on any atom is -0.481 e. The van der Waals surface area contributed by atoms with Gasteiger partial charge in [-0.3, -0.25) is 4.79 Å². The Morgan fingerprint density at radius 2 is 2.30 bits per heavy atom. The largest absolute Gasteiger partial charge is 0.481 e. The predicted octanol–water partition coefficient (Wildman–Crippen LogP) is 1.50. The summed E-state index contributed by atoms with van der Waals surface area (Å²) in [6, 6.07) is 1.41. The van der Waals surface area contributed by atoms with E-state index in [1.54, 1.807) is 6.92 Å². The van der Waals surface area contributed by atoms with E-state index in [0.29, 0.717) is 5.56 Å². The highest BCUT2D eigenvalue weighted by Gasteiger charge is 2.09. The zero-order valence-corrected chi connectivity index (χ0v) is 5.84. The Bertz CT molecular complexity index is 260. The van der Waals surface area contributed by atoms with Crippen LogP contribution in [0.25, 0.3) is 0 Å². The minimum absolute atomic E-state index is 0.169. The van der Waals surface area contributed by atoms with E-state index >= 15 is 0 Å². The van der Waals surface area contributed by atoms with Crippen molar-refractivity contribution in [2.45, 2.75) is 13.8 Å². The summed E-state index contributed by atoms with van der Waals surface area (Å²) in [7, 11) is 0. The molecule has 0 aliphatic carbocycles. The van der Waals surface area contributed by atoms with Crippen LogP contribution in [0.1, 0.15) is 23.0 Å². The summed E-state index contributed by atoms with van der Waals surface area (Å²) in [4.78, 5) is 10.7. The van der Waals surface area contributed by atoms with Gasteiger partial charge in [-0.25, -0.2) is 0 Å². The van der Waals surface area contributed by atoms with Crippen LogP contribution < -0.4 is 0 Å². The molecule has 1 rings (SSSR count). The van der Waals surface area contributed by atoms with Crippen molar-refractivity contribution in [1.29, 1.82) is 0 Å². The number of hydrogen-bond acceptors (Lipinski definition) is 3. The standard InChI is InChI=1S/C7H8O3/c1-4-3-6(9)10-7(4)5(2)8/h3,9H,1-2H3. The second kappa shape index (κ2) is 2.17. The molecule has 1 aromatic heterocycles. The van der Waals surface area contributed by atoms with Crippen molar-refractivity contribution in [3.05, 3.63) is 17.4 Å². The summed E-state index contributed by atoms with van der Waals surface area (Å²) in [5.41, 5.74) is 0.671. The van der Waals surface area contributed by atoms with Crippen molar-refractivity contribution >= 4 is 5.78 Å². The molecule has 0 radical (unpaired) electrons. The smallest absolute Gasteiger partial charge is 0.282 e. The Kier molecular flexibility index (Phi) is 1.49. The van der Waals surface area contributed by atoms with Gasteiger partial charge in [0.2, 0.25) is 0 Å². The van der Waals surface area contributed by atoms with Crippen LogP contribution in [0.3, 0.4) is 0 Å². The Hall–Kier alpha value is -1.25. The van der Waals surface area contributed by atoms with E-state index in [2.05, 4.69) is 4.42 Å². The molecule has 1 aromatic rings. The van der Waals surface area contributed by atoms with Gasteiger partial charge >= 0.3 is 0 Å². The summed E-state index contributed by atoms with van der Waals surface area (Å²) in [5.74, 6) is -0.141. The van der Waals surface area contributed by atoms with E-state index in [0.717, 1.165) is 0 Å². The average Bonchev–Trinajstić information content (AvgIpc) is 2.10. The highest BCUT2D eigenvalue weighted by atomic mass is 16.5. The molecule has 0 saturated heterocycles. The molecule has 10 heavy (non-hydrogen) atoms. The van der Waals surface area contributed by atoms with Crippen molar-refractivity contribution in [3.63, 3.8) is 0 Å². The molecule has 0 unspecified atom stereocenters. The van der Waals surface area contributed by atoms with Gasteiger partial charge in [0.05, 0.1) is 0 Å². The number of carbonyl (C=O) groups is 1. The highest BCUT2D eigenvalue weighted by molar-refractivity contribution is 5.92. The van der Waals surface area contributed by atoms with E-state index in [9.17, 15) is 4.79 Å². The molecule has 54 valence electrons. The van der Waals surface area contributed by atoms with Crippen LogP contribution in [0.4, 0.5) is 0 Å². The van der Waals surface area contributed by atoms with Gasteiger partial charge in [0.1, 0.15) is 0 Å². The van der Waals surface area contributed by atoms with Gasteiger partial charge in [0.15, 0.2) is 11.5 Å². The molecule has 1 heterocycles. The van der Waals surface area contributed by atoms with E-state index in [-0.39, 0.29) is 17.5 Å². The third kappa shape index (κ3) is 1.03. The second-order valence-corrected chi connectivity index (χ2v) is 2.15. The molecule has 0 spiro atoms. The first-order valence-electron chi connectivity index (χ1n) is 2.91. The summed E-state index contributed by atoms with van der Waals surface area (Å²) in [5, 5.41) is 8.76. The maximum absolute atomic E-state index is 10.7. The fourth-order valence-corrected chi connectivity index (χ4v) is 0.815. The van der Waals surface area contributed by atoms with Crippen LogP contribution in [0.15, 0.2) is 10.5 Å². The van der Waals surface area contributed by atoms with E-state index in [1.165, 1.54) is 13.0 Å². The normalized spacial score (nSPS) is 9.80. The first-order valence-corrected chi connectivity index (χ1v) is 2.91. The van der Waals surface area contributed by atoms with Crippen LogP contribution in [0.5, 0.6) is 5.95 Å². The van der Waals surface area contributed by atoms with Crippen molar-refractivity contribution in [2.75, 3.05) is 0 Å². The van der Waals surface area contributed by atoms with Crippen molar-refractivity contribution in [1.82, 2.24) is 0 Å². The number of aryl methyl sites for hydroxylation is 1. The highest BCUT2D eigenvalue weighted by Crippen LogP contribution is 2.19. The van der Waals surface area contributed by atoms with E-state index in [4.69, 9.17) is 5.11 Å². The van der Waals surface area contributed by atoms with Gasteiger partial charge in [0, 0.05) is 18.6 Å². The average molecular weight is 140 g/mol. The maximum atomic E-state index is 10.7. The number of furan rings is 1. The molecule has 0 saturated carbocycles. The fraction of sp³-hybridized carbons (Fsp3) is 0.286. The molecule has 0 amide bonds. The summed E-state index contributed by atoms with van der Waals surface area (Å²) >= 11 is 0. The summed E-state index contributed by atoms with van der Waals surface area (Å²) in [6.45, 7) is 3.10. The summed E-state index contributed by atoms with van der Waals surface area (Å²) < 4.78 is 4.68. The van der Waals surface area contributed by atoms with Crippen LogP contribution in [0, 0.1) is 6.92 Å². The molecular formula is C7H8O3. The lowest BCUT2D eigenvalue weighted by molar-refractivity contribution is 0.0980. The van der Waals surface area contributed by atoms with Gasteiger partial charge in [-0.15, -0.1) is 0 Å². The molecule has 0 aliphatic heterocycles. The molecular weight excluding hydrogens is 132 g/mol. The van der Waals surface area contributed by atoms with E-state index < -0.39 is 0 Å². The van der Waals surface area contributed by atoms with Crippen molar-refractivity contribution in [3.8, 4) is 5.95 Å². The van der Waals surface area contributed by atoms with E-state index in [1.807, 2.05) is 0 Å². The van der Waals surface area contributed by atoms with Gasteiger partial charge in [-0.1, -0.05) is 0 Å². The van der Waals surface area contributed by atoms with Crippen molar-refractivity contribution in [2.24, 2.45) is 0 Å². The lowest BCUT2D eigenvalue weighted by Crippen LogP contribution is -1.89. The molecule has 3 heteroatoms. The number of aromatic hydroxyl groups is 1. The Morgan fingerprint density at radius 1 is 1.70 bits per heavy atom. The van der Waals surface area contributed by atoms with Gasteiger partial charge < -0.3 is 9.52 Å². The minimum atomic E-state index is -0.206. The first-order chi connectivity index (χ1) is 4.61. The molecule has 0 bridgehead atoms. The first kappa shape index (κ1) is 6.86. The van der Waals surface area contributed by atoms with Gasteiger partial charge in [-0.2, -0.15) is 0 Å². The third-order valence-corrected chi connectivity index (χ3v) is 1.22. The van der Waals surface area contributed by atoms with Crippen LogP contribution in [0.2, 0.25) is 0 Å². The molecule has 0 fully saturated rings. The number of ketones is 1. The zero-order chi connectivity index (χ0) is 7.72. The number of carbonyl (C=O) groups excluding carboxylic acids is 1.